The molecule has 0 aliphatic rings. The number of rotatable bonds is 7. The van der Waals surface area contributed by atoms with Crippen LogP contribution in [0, 0.1) is 5.92 Å². The van der Waals surface area contributed by atoms with Crippen LogP contribution in [0.5, 0.6) is 0 Å². The molecule has 0 bridgehead atoms. The fraction of sp³-hybridized carbons (Fsp3) is 0.533. The van der Waals surface area contributed by atoms with Gasteiger partial charge in [-0.15, -0.1) is 0 Å². The molecule has 0 amide bonds. The van der Waals surface area contributed by atoms with Crippen molar-refractivity contribution in [3.8, 4) is 0 Å². The molecule has 106 valence electrons. The van der Waals surface area contributed by atoms with Crippen LogP contribution < -0.4 is 0 Å². The van der Waals surface area contributed by atoms with Crippen molar-refractivity contribution in [1.82, 2.24) is 0 Å². The molecule has 1 aromatic rings. The number of halogens is 1. The van der Waals surface area contributed by atoms with Gasteiger partial charge in [0.1, 0.15) is 6.10 Å². The minimum Gasteiger partial charge on any atom is -0.456 e. The van der Waals surface area contributed by atoms with E-state index in [0.29, 0.717) is 29.7 Å². The summed E-state index contributed by atoms with van der Waals surface area (Å²) in [4.78, 5) is 12.0. The molecular formula is C15H21ClO3. The van der Waals surface area contributed by atoms with Gasteiger partial charge in [0.2, 0.25) is 0 Å². The Balaban J connectivity index is 2.64. The highest BCUT2D eigenvalue weighted by atomic mass is 35.5. The van der Waals surface area contributed by atoms with E-state index in [-0.39, 0.29) is 12.1 Å². The first kappa shape index (κ1) is 16.0. The number of hydrogen-bond acceptors (Lipinski definition) is 3. The van der Waals surface area contributed by atoms with Crippen molar-refractivity contribution >= 4 is 17.6 Å². The molecule has 0 aliphatic heterocycles. The maximum absolute atomic E-state index is 12.0. The molecule has 0 aromatic heterocycles. The van der Waals surface area contributed by atoms with Crippen LogP contribution in [0.2, 0.25) is 5.02 Å². The van der Waals surface area contributed by atoms with Crippen LogP contribution in [0.3, 0.4) is 0 Å². The number of carbonyl (C=O) groups is 1. The van der Waals surface area contributed by atoms with Crippen LogP contribution >= 0.6 is 11.6 Å². The van der Waals surface area contributed by atoms with Gasteiger partial charge in [-0.2, -0.15) is 0 Å². The molecule has 1 atom stereocenters. The van der Waals surface area contributed by atoms with Crippen LogP contribution in [-0.4, -0.2) is 25.3 Å². The Labute approximate surface area is 119 Å². The Bertz CT molecular complexity index is 404. The highest BCUT2D eigenvalue weighted by molar-refractivity contribution is 6.30. The second-order valence-corrected chi connectivity index (χ2v) is 5.26. The molecule has 1 rings (SSSR count). The van der Waals surface area contributed by atoms with Gasteiger partial charge in [-0.25, -0.2) is 4.79 Å². The average molecular weight is 285 g/mol. The summed E-state index contributed by atoms with van der Waals surface area (Å²) in [6.07, 6.45) is 0.568. The number of ether oxygens (including phenoxy) is 2. The molecule has 19 heavy (non-hydrogen) atoms. The largest absolute Gasteiger partial charge is 0.456 e. The molecule has 1 aromatic carbocycles. The van der Waals surface area contributed by atoms with Crippen molar-refractivity contribution < 1.29 is 14.3 Å². The van der Waals surface area contributed by atoms with Gasteiger partial charge < -0.3 is 9.47 Å². The summed E-state index contributed by atoms with van der Waals surface area (Å²) in [5.74, 6) is 0.0884. The molecule has 0 saturated heterocycles. The van der Waals surface area contributed by atoms with Crippen LogP contribution in [0.1, 0.15) is 37.6 Å². The van der Waals surface area contributed by atoms with E-state index in [1.165, 1.54) is 0 Å². The minimum atomic E-state index is -0.354. The summed E-state index contributed by atoms with van der Waals surface area (Å²) in [6.45, 7) is 7.15. The van der Waals surface area contributed by atoms with Gasteiger partial charge in [-0.3, -0.25) is 0 Å². The molecule has 3 nitrogen and oxygen atoms in total. The first-order chi connectivity index (χ1) is 9.02. The zero-order valence-corrected chi connectivity index (χ0v) is 12.4. The van der Waals surface area contributed by atoms with E-state index >= 15 is 0 Å². The summed E-state index contributed by atoms with van der Waals surface area (Å²) >= 11 is 5.86. The maximum atomic E-state index is 12.0. The third-order valence-electron chi connectivity index (χ3n) is 2.58. The van der Waals surface area contributed by atoms with Gasteiger partial charge in [0, 0.05) is 11.6 Å². The number of esters is 1. The van der Waals surface area contributed by atoms with Crippen molar-refractivity contribution in [1.29, 1.82) is 0 Å². The summed E-state index contributed by atoms with van der Waals surface area (Å²) in [7, 11) is 0. The smallest absolute Gasteiger partial charge is 0.338 e. The van der Waals surface area contributed by atoms with Gasteiger partial charge in [-0.1, -0.05) is 31.5 Å². The van der Waals surface area contributed by atoms with Crippen molar-refractivity contribution in [3.05, 3.63) is 34.9 Å². The van der Waals surface area contributed by atoms with Crippen molar-refractivity contribution in [3.63, 3.8) is 0 Å². The number of benzene rings is 1. The molecule has 4 heteroatoms. The number of carbonyl (C=O) groups excluding carboxylic acids is 1. The van der Waals surface area contributed by atoms with Gasteiger partial charge in [0.05, 0.1) is 12.2 Å². The molecule has 0 heterocycles. The molecule has 1 unspecified atom stereocenters. The monoisotopic (exact) mass is 284 g/mol. The first-order valence-electron chi connectivity index (χ1n) is 6.57. The standard InChI is InChI=1S/C15H21ClO3/c1-4-18-10-14(8-11(2)3)19-15(17)12-6-5-7-13(16)9-12/h5-7,9,11,14H,4,8,10H2,1-3H3. The van der Waals surface area contributed by atoms with Gasteiger partial charge >= 0.3 is 5.97 Å². The van der Waals surface area contributed by atoms with E-state index in [1.54, 1.807) is 24.3 Å². The molecule has 0 spiro atoms. The number of hydrogen-bond donors (Lipinski definition) is 0. The molecule has 0 saturated carbocycles. The second kappa shape index (κ2) is 8.18. The lowest BCUT2D eigenvalue weighted by molar-refractivity contribution is -0.00862. The van der Waals surface area contributed by atoms with Crippen LogP contribution in [0.15, 0.2) is 24.3 Å². The summed E-state index contributed by atoms with van der Waals surface area (Å²) in [5.41, 5.74) is 0.470. The van der Waals surface area contributed by atoms with Crippen LogP contribution in [-0.2, 0) is 9.47 Å². The second-order valence-electron chi connectivity index (χ2n) is 4.83. The minimum absolute atomic E-state index is 0.216. The van der Waals surface area contributed by atoms with E-state index in [9.17, 15) is 4.79 Å². The van der Waals surface area contributed by atoms with Crippen molar-refractivity contribution in [2.24, 2.45) is 5.92 Å². The molecular weight excluding hydrogens is 264 g/mol. The van der Waals surface area contributed by atoms with E-state index in [0.717, 1.165) is 6.42 Å². The van der Waals surface area contributed by atoms with Crippen LogP contribution in [0.4, 0.5) is 0 Å². The van der Waals surface area contributed by atoms with E-state index in [1.807, 2.05) is 6.92 Å². The third-order valence-corrected chi connectivity index (χ3v) is 2.81. The van der Waals surface area contributed by atoms with Gasteiger partial charge in [0.25, 0.3) is 0 Å². The molecule has 0 fully saturated rings. The summed E-state index contributed by atoms with van der Waals surface area (Å²) < 4.78 is 10.8. The SMILES string of the molecule is CCOCC(CC(C)C)OC(=O)c1cccc(Cl)c1. The third kappa shape index (κ3) is 6.08. The molecule has 0 N–H and O–H groups in total. The Morgan fingerprint density at radius 2 is 2.11 bits per heavy atom. The fourth-order valence-electron chi connectivity index (χ4n) is 1.76. The maximum Gasteiger partial charge on any atom is 0.338 e. The van der Waals surface area contributed by atoms with E-state index < -0.39 is 0 Å². The quantitative estimate of drug-likeness (QED) is 0.711. The predicted molar refractivity (Wildman–Crippen MR) is 76.6 cm³/mol. The normalized spacial score (nSPS) is 12.5. The topological polar surface area (TPSA) is 35.5 Å². The Hall–Kier alpha value is -1.06. The Morgan fingerprint density at radius 1 is 1.37 bits per heavy atom. The van der Waals surface area contributed by atoms with Crippen molar-refractivity contribution in [2.75, 3.05) is 13.2 Å². The molecule has 0 aliphatic carbocycles. The summed E-state index contributed by atoms with van der Waals surface area (Å²) in [6, 6.07) is 6.77. The zero-order valence-electron chi connectivity index (χ0n) is 11.7. The first-order valence-corrected chi connectivity index (χ1v) is 6.95. The zero-order chi connectivity index (χ0) is 14.3. The highest BCUT2D eigenvalue weighted by Gasteiger charge is 2.17. The Morgan fingerprint density at radius 3 is 2.68 bits per heavy atom. The molecule has 0 radical (unpaired) electrons. The Kier molecular flexibility index (Phi) is 6.89. The lowest BCUT2D eigenvalue weighted by Crippen LogP contribution is -2.25. The lowest BCUT2D eigenvalue weighted by atomic mass is 10.1. The van der Waals surface area contributed by atoms with Crippen molar-refractivity contribution in [2.45, 2.75) is 33.3 Å². The lowest BCUT2D eigenvalue weighted by Gasteiger charge is -2.19. The van der Waals surface area contributed by atoms with Gasteiger partial charge in [0.15, 0.2) is 0 Å². The van der Waals surface area contributed by atoms with Crippen LogP contribution in [0.25, 0.3) is 0 Å². The summed E-state index contributed by atoms with van der Waals surface area (Å²) in [5, 5.41) is 0.527. The van der Waals surface area contributed by atoms with E-state index in [2.05, 4.69) is 13.8 Å². The van der Waals surface area contributed by atoms with Gasteiger partial charge in [-0.05, 0) is 37.5 Å². The van der Waals surface area contributed by atoms with E-state index in [4.69, 9.17) is 21.1 Å². The fourth-order valence-corrected chi connectivity index (χ4v) is 1.95. The average Bonchev–Trinajstić information content (AvgIpc) is 2.35. The highest BCUT2D eigenvalue weighted by Crippen LogP contribution is 2.15. The predicted octanol–water partition coefficient (Wildman–Crippen LogP) is 3.95.